The van der Waals surface area contributed by atoms with Gasteiger partial charge in [0.1, 0.15) is 17.2 Å². The summed E-state index contributed by atoms with van der Waals surface area (Å²) in [5.74, 6) is -2.04. The molecular formula is C28H30FN5O5. The van der Waals surface area contributed by atoms with Gasteiger partial charge in [-0.3, -0.25) is 28.6 Å². The van der Waals surface area contributed by atoms with E-state index >= 15 is 0 Å². The second-order valence-corrected chi connectivity index (χ2v) is 9.69. The average Bonchev–Trinajstić information content (AvgIpc) is 3.76. The van der Waals surface area contributed by atoms with Gasteiger partial charge < -0.3 is 21.1 Å². The van der Waals surface area contributed by atoms with Gasteiger partial charge in [-0.1, -0.05) is 18.2 Å². The maximum Gasteiger partial charge on any atom is 0.259 e. The summed E-state index contributed by atoms with van der Waals surface area (Å²) in [5, 5.41) is 13.1. The third-order valence-corrected chi connectivity index (χ3v) is 6.88. The van der Waals surface area contributed by atoms with Gasteiger partial charge >= 0.3 is 0 Å². The third-order valence-electron chi connectivity index (χ3n) is 6.88. The molecule has 0 bridgehead atoms. The van der Waals surface area contributed by atoms with Gasteiger partial charge in [0.15, 0.2) is 6.10 Å². The molecule has 1 aromatic heterocycles. The van der Waals surface area contributed by atoms with Gasteiger partial charge in [-0.05, 0) is 62.1 Å². The largest absolute Gasteiger partial charge is 0.378 e. The Hall–Kier alpha value is -4.51. The summed E-state index contributed by atoms with van der Waals surface area (Å²) in [5.41, 5.74) is 5.81. The molecular weight excluding hydrogens is 505 g/mol. The minimum atomic E-state index is -1.63. The zero-order chi connectivity index (χ0) is 28.6. The van der Waals surface area contributed by atoms with E-state index in [1.807, 2.05) is 0 Å². The first-order chi connectivity index (χ1) is 18.5. The average molecular weight is 536 g/mol. The number of nitrogens with zero attached hydrogens (tertiary/aromatic N) is 3. The summed E-state index contributed by atoms with van der Waals surface area (Å²) < 4.78 is 16.1. The zero-order valence-corrected chi connectivity index (χ0v) is 22.1. The number of carbonyl (C=O) groups excluding carboxylic acids is 3. The van der Waals surface area contributed by atoms with Crippen LogP contribution in [0.3, 0.4) is 0 Å². The Morgan fingerprint density at radius 2 is 1.90 bits per heavy atom. The fraction of sp³-hybridized carbons (Fsp3) is 0.286. The van der Waals surface area contributed by atoms with Crippen LogP contribution in [0, 0.1) is 19.7 Å². The molecule has 1 aliphatic rings. The van der Waals surface area contributed by atoms with Crippen molar-refractivity contribution in [1.82, 2.24) is 9.47 Å². The van der Waals surface area contributed by atoms with E-state index in [1.165, 1.54) is 59.8 Å². The van der Waals surface area contributed by atoms with E-state index in [1.54, 1.807) is 20.0 Å². The molecule has 39 heavy (non-hydrogen) atoms. The maximum absolute atomic E-state index is 14.9. The fourth-order valence-electron chi connectivity index (χ4n) is 4.48. The predicted molar refractivity (Wildman–Crippen MR) is 145 cm³/mol. The molecule has 10 nitrogen and oxygen atoms in total. The van der Waals surface area contributed by atoms with E-state index in [0.29, 0.717) is 12.0 Å². The van der Waals surface area contributed by atoms with Crippen LogP contribution in [0.5, 0.6) is 0 Å². The molecule has 0 aliphatic heterocycles. The molecule has 1 atom stereocenters. The van der Waals surface area contributed by atoms with Crippen LogP contribution in [0.4, 0.5) is 27.3 Å². The van der Waals surface area contributed by atoms with Crippen molar-refractivity contribution in [3.8, 4) is 0 Å². The van der Waals surface area contributed by atoms with Gasteiger partial charge in [0.2, 0.25) is 6.41 Å². The fourth-order valence-corrected chi connectivity index (χ4v) is 4.48. The van der Waals surface area contributed by atoms with Crippen LogP contribution in [0.25, 0.3) is 0 Å². The number of nitrogens with two attached hydrogens (primary N) is 1. The second-order valence-electron chi connectivity index (χ2n) is 9.69. The number of halogens is 1. The van der Waals surface area contributed by atoms with Crippen molar-refractivity contribution >= 4 is 41.1 Å². The number of aliphatic hydroxyl groups is 1. The lowest BCUT2D eigenvalue weighted by Gasteiger charge is -2.29. The SMILES string of the molecule is Cc1ccc(Nc2c(C(=O)N(C)C3CC3)c(N(C=O)c3cccc(C(O)C(N)=O)c3)c(C)c(=O)n2C)c(F)c1. The van der Waals surface area contributed by atoms with E-state index in [0.717, 1.165) is 17.7 Å². The number of rotatable bonds is 9. The van der Waals surface area contributed by atoms with Crippen molar-refractivity contribution in [2.24, 2.45) is 12.8 Å². The van der Waals surface area contributed by atoms with Gasteiger partial charge in [-0.15, -0.1) is 0 Å². The van der Waals surface area contributed by atoms with Crippen LogP contribution in [0.1, 0.15) is 46.0 Å². The summed E-state index contributed by atoms with van der Waals surface area (Å²) in [4.78, 5) is 54.1. The summed E-state index contributed by atoms with van der Waals surface area (Å²) in [7, 11) is 3.09. The molecule has 0 spiro atoms. The first-order valence-corrected chi connectivity index (χ1v) is 12.3. The van der Waals surface area contributed by atoms with Crippen molar-refractivity contribution < 1.29 is 23.9 Å². The number of anilines is 4. The number of aliphatic hydroxyl groups excluding tert-OH is 1. The highest BCUT2D eigenvalue weighted by Crippen LogP contribution is 2.38. The number of pyridine rings is 1. The Morgan fingerprint density at radius 3 is 2.49 bits per heavy atom. The molecule has 4 N–H and O–H groups in total. The van der Waals surface area contributed by atoms with Crippen molar-refractivity contribution in [2.75, 3.05) is 17.3 Å². The summed E-state index contributed by atoms with van der Waals surface area (Å²) in [6, 6.07) is 10.3. The lowest BCUT2D eigenvalue weighted by Crippen LogP contribution is -2.35. The Kier molecular flexibility index (Phi) is 7.55. The van der Waals surface area contributed by atoms with Crippen LogP contribution >= 0.6 is 0 Å². The second kappa shape index (κ2) is 10.7. The number of hydrogen-bond donors (Lipinski definition) is 3. The number of carbonyl (C=O) groups is 3. The molecule has 2 aromatic carbocycles. The molecule has 4 rings (SSSR count). The standard InChI is InChI=1S/C28H30FN5O5/c1-15-8-11-21(20(29)12-15)31-26-22(28(39)32(3)18-9-10-18)23(16(2)27(38)33(26)4)34(14-35)19-7-5-6-17(13-19)24(36)25(30)37/h5-8,11-14,18,24,31,36H,9-10H2,1-4H3,(H2,30,37). The topological polar surface area (TPSA) is 138 Å². The van der Waals surface area contributed by atoms with E-state index in [2.05, 4.69) is 5.32 Å². The van der Waals surface area contributed by atoms with E-state index < -0.39 is 29.3 Å². The van der Waals surface area contributed by atoms with Crippen LogP contribution in [0.15, 0.2) is 47.3 Å². The maximum atomic E-state index is 14.9. The van der Waals surface area contributed by atoms with Gasteiger partial charge in [0.05, 0.1) is 11.4 Å². The lowest BCUT2D eigenvalue weighted by molar-refractivity contribution is -0.126. The minimum Gasteiger partial charge on any atom is -0.378 e. The molecule has 3 amide bonds. The molecule has 0 radical (unpaired) electrons. The summed E-state index contributed by atoms with van der Waals surface area (Å²) in [6.07, 6.45) is 0.415. The lowest BCUT2D eigenvalue weighted by atomic mass is 10.0. The van der Waals surface area contributed by atoms with Crippen LogP contribution in [-0.4, -0.2) is 45.9 Å². The number of amides is 3. The molecule has 3 aromatic rings. The number of hydrogen-bond acceptors (Lipinski definition) is 6. The van der Waals surface area contributed by atoms with Crippen molar-refractivity contribution in [3.63, 3.8) is 0 Å². The van der Waals surface area contributed by atoms with Crippen molar-refractivity contribution in [1.29, 1.82) is 0 Å². The normalized spacial score (nSPS) is 13.5. The highest BCUT2D eigenvalue weighted by atomic mass is 19.1. The van der Waals surface area contributed by atoms with Gasteiger partial charge in [0, 0.05) is 31.4 Å². The van der Waals surface area contributed by atoms with E-state index in [4.69, 9.17) is 5.73 Å². The number of benzene rings is 2. The van der Waals surface area contributed by atoms with Crippen molar-refractivity contribution in [2.45, 2.75) is 38.8 Å². The van der Waals surface area contributed by atoms with Crippen LogP contribution in [-0.2, 0) is 16.6 Å². The Balaban J connectivity index is 1.99. The van der Waals surface area contributed by atoms with E-state index in [-0.39, 0.29) is 45.6 Å². The Morgan fingerprint density at radius 1 is 1.21 bits per heavy atom. The van der Waals surface area contributed by atoms with Gasteiger partial charge in [0.25, 0.3) is 17.4 Å². The zero-order valence-electron chi connectivity index (χ0n) is 22.1. The molecule has 1 saturated carbocycles. The highest BCUT2D eigenvalue weighted by Gasteiger charge is 2.36. The first kappa shape index (κ1) is 27.5. The number of primary amides is 1. The molecule has 1 fully saturated rings. The Labute approximate surface area is 224 Å². The molecule has 11 heteroatoms. The summed E-state index contributed by atoms with van der Waals surface area (Å²) >= 11 is 0. The summed E-state index contributed by atoms with van der Waals surface area (Å²) in [6.45, 7) is 3.22. The minimum absolute atomic E-state index is 0.000952. The van der Waals surface area contributed by atoms with Gasteiger partial charge in [-0.25, -0.2) is 4.39 Å². The number of aromatic nitrogens is 1. The predicted octanol–water partition coefficient (Wildman–Crippen LogP) is 2.93. The monoisotopic (exact) mass is 535 g/mol. The number of aryl methyl sites for hydroxylation is 1. The quantitative estimate of drug-likeness (QED) is 0.360. The van der Waals surface area contributed by atoms with Gasteiger partial charge in [-0.2, -0.15) is 0 Å². The highest BCUT2D eigenvalue weighted by molar-refractivity contribution is 6.09. The molecule has 1 heterocycles. The van der Waals surface area contributed by atoms with Crippen molar-refractivity contribution in [3.05, 3.63) is 80.9 Å². The van der Waals surface area contributed by atoms with Crippen LogP contribution in [0.2, 0.25) is 0 Å². The van der Waals surface area contributed by atoms with Crippen LogP contribution < -0.4 is 21.5 Å². The van der Waals surface area contributed by atoms with E-state index in [9.17, 15) is 28.7 Å². The molecule has 1 unspecified atom stereocenters. The smallest absolute Gasteiger partial charge is 0.259 e. The molecule has 204 valence electrons. The molecule has 1 aliphatic carbocycles. The third kappa shape index (κ3) is 5.26. The molecule has 0 saturated heterocycles. The first-order valence-electron chi connectivity index (χ1n) is 12.3. The number of nitrogens with one attached hydrogen (secondary N) is 1. The Bertz CT molecular complexity index is 1530.